The van der Waals surface area contributed by atoms with Crippen LogP contribution in [0.2, 0.25) is 0 Å². The predicted molar refractivity (Wildman–Crippen MR) is 119 cm³/mol. The summed E-state index contributed by atoms with van der Waals surface area (Å²) in [4.78, 5) is 24.0. The van der Waals surface area contributed by atoms with Gasteiger partial charge in [-0.2, -0.15) is 13.2 Å². The van der Waals surface area contributed by atoms with Gasteiger partial charge in [0.25, 0.3) is 0 Å². The van der Waals surface area contributed by atoms with Crippen molar-refractivity contribution < 1.29 is 37.3 Å². The number of hydrogen-bond acceptors (Lipinski definition) is 5. The quantitative estimate of drug-likeness (QED) is 0.454. The molecule has 0 aromatic heterocycles. The number of alkyl halides is 3. The highest BCUT2D eigenvalue weighted by Gasteiger charge is 2.40. The van der Waals surface area contributed by atoms with E-state index in [9.17, 15) is 27.9 Å². The van der Waals surface area contributed by atoms with Crippen molar-refractivity contribution in [3.8, 4) is 11.5 Å². The molecule has 1 fully saturated rings. The molecule has 2 aromatic rings. The van der Waals surface area contributed by atoms with Gasteiger partial charge in [0.15, 0.2) is 5.78 Å². The molecule has 0 atom stereocenters. The van der Waals surface area contributed by atoms with Crippen LogP contribution in [0.5, 0.6) is 11.5 Å². The molecule has 0 spiro atoms. The van der Waals surface area contributed by atoms with Crippen LogP contribution < -0.4 is 10.1 Å². The van der Waals surface area contributed by atoms with Crippen LogP contribution in [0.15, 0.2) is 36.4 Å². The lowest BCUT2D eigenvalue weighted by Crippen LogP contribution is -2.32. The number of Topliss-reactive ketones (excluding diaryl/α,β-unsaturated/α-hetero) is 1. The molecular weight excluding hydrogens is 451 g/mol. The normalized spacial score (nSPS) is 13.9. The third-order valence-electron chi connectivity index (χ3n) is 5.15. The van der Waals surface area contributed by atoms with Crippen molar-refractivity contribution in [2.45, 2.75) is 65.0 Å². The molecule has 34 heavy (non-hydrogen) atoms. The van der Waals surface area contributed by atoms with E-state index in [4.69, 9.17) is 9.47 Å². The molecule has 1 aliphatic carbocycles. The fourth-order valence-corrected chi connectivity index (χ4v) is 3.29. The van der Waals surface area contributed by atoms with E-state index in [2.05, 4.69) is 5.32 Å². The van der Waals surface area contributed by atoms with Crippen LogP contribution >= 0.6 is 0 Å². The van der Waals surface area contributed by atoms with E-state index in [1.807, 2.05) is 0 Å². The number of carbonyl (C=O) groups excluding carboxylic acids is 2. The van der Waals surface area contributed by atoms with Gasteiger partial charge in [0, 0.05) is 13.0 Å². The van der Waals surface area contributed by atoms with Gasteiger partial charge in [-0.3, -0.25) is 4.79 Å². The summed E-state index contributed by atoms with van der Waals surface area (Å²) in [5, 5.41) is 12.9. The summed E-state index contributed by atoms with van der Waals surface area (Å²) in [5.41, 5.74) is -0.956. The van der Waals surface area contributed by atoms with Crippen molar-refractivity contribution in [2.75, 3.05) is 0 Å². The first-order valence-electron chi connectivity index (χ1n) is 11.0. The Morgan fingerprint density at radius 1 is 1.03 bits per heavy atom. The highest BCUT2D eigenvalue weighted by molar-refractivity contribution is 5.99. The number of alkyl carbamates (subject to hydrolysis) is 1. The van der Waals surface area contributed by atoms with Crippen LogP contribution in [0.3, 0.4) is 0 Å². The minimum atomic E-state index is -4.90. The van der Waals surface area contributed by atoms with Crippen molar-refractivity contribution >= 4 is 11.9 Å². The van der Waals surface area contributed by atoms with Crippen LogP contribution in [0.4, 0.5) is 18.0 Å². The van der Waals surface area contributed by atoms with Crippen molar-refractivity contribution in [1.29, 1.82) is 0 Å². The summed E-state index contributed by atoms with van der Waals surface area (Å²) in [7, 11) is 0. The second-order valence-corrected chi connectivity index (χ2v) is 9.36. The third-order valence-corrected chi connectivity index (χ3v) is 5.15. The number of phenols is 1. The molecule has 0 aliphatic heterocycles. The molecular formula is C25H28F3NO5. The van der Waals surface area contributed by atoms with Gasteiger partial charge in [-0.25, -0.2) is 4.79 Å². The monoisotopic (exact) mass is 479 g/mol. The molecule has 1 aliphatic rings. The smallest absolute Gasteiger partial charge is 0.423 e. The van der Waals surface area contributed by atoms with Gasteiger partial charge < -0.3 is 19.9 Å². The lowest BCUT2D eigenvalue weighted by molar-refractivity contribution is -0.140. The number of nitrogens with one attached hydrogen (secondary N) is 1. The molecule has 3 rings (SSSR count). The number of benzene rings is 2. The van der Waals surface area contributed by atoms with E-state index in [1.54, 1.807) is 45.0 Å². The maximum atomic E-state index is 13.7. The van der Waals surface area contributed by atoms with E-state index in [1.165, 1.54) is 6.07 Å². The van der Waals surface area contributed by atoms with Crippen molar-refractivity contribution in [3.05, 3.63) is 58.7 Å². The lowest BCUT2D eigenvalue weighted by Gasteiger charge is -2.19. The Labute approximate surface area is 196 Å². The Bertz CT molecular complexity index is 1040. The Morgan fingerprint density at radius 2 is 1.65 bits per heavy atom. The Balaban J connectivity index is 1.65. The second-order valence-electron chi connectivity index (χ2n) is 9.36. The van der Waals surface area contributed by atoms with Gasteiger partial charge >= 0.3 is 12.3 Å². The molecule has 2 N–H and O–H groups in total. The van der Waals surface area contributed by atoms with Crippen LogP contribution in [-0.2, 0) is 24.1 Å². The van der Waals surface area contributed by atoms with Gasteiger partial charge in [-0.15, -0.1) is 0 Å². The van der Waals surface area contributed by atoms with Crippen molar-refractivity contribution in [3.63, 3.8) is 0 Å². The molecule has 2 aromatic carbocycles. The molecule has 184 valence electrons. The maximum absolute atomic E-state index is 13.7. The van der Waals surface area contributed by atoms with Gasteiger partial charge in [0.05, 0.1) is 5.56 Å². The Kier molecular flexibility index (Phi) is 7.43. The number of rotatable bonds is 8. The summed E-state index contributed by atoms with van der Waals surface area (Å²) >= 11 is 0. The molecule has 1 saturated carbocycles. The Morgan fingerprint density at radius 3 is 2.21 bits per heavy atom. The third kappa shape index (κ3) is 7.13. The number of aromatic hydroxyl groups is 1. The number of amides is 1. The van der Waals surface area contributed by atoms with Crippen molar-refractivity contribution in [1.82, 2.24) is 5.32 Å². The summed E-state index contributed by atoms with van der Waals surface area (Å²) in [6, 6.07) is 8.98. The molecule has 1 amide bonds. The SMILES string of the molecule is CC(C)(C)OC(=O)NCc1ccc(COc2ccc(C(=O)CC3CC3)c(O)c2C(F)(F)F)cc1. The summed E-state index contributed by atoms with van der Waals surface area (Å²) in [6.07, 6.45) is -3.59. The topological polar surface area (TPSA) is 84.9 Å². The molecule has 0 heterocycles. The highest BCUT2D eigenvalue weighted by Crippen LogP contribution is 2.45. The largest absolute Gasteiger partial charge is 0.506 e. The molecule has 6 nitrogen and oxygen atoms in total. The zero-order valence-electron chi connectivity index (χ0n) is 19.3. The average molecular weight is 479 g/mol. The van der Waals surface area contributed by atoms with E-state index in [0.29, 0.717) is 5.56 Å². The number of ether oxygens (including phenoxy) is 2. The van der Waals surface area contributed by atoms with E-state index in [0.717, 1.165) is 24.5 Å². The maximum Gasteiger partial charge on any atom is 0.423 e. The van der Waals surface area contributed by atoms with Gasteiger partial charge in [-0.1, -0.05) is 24.3 Å². The number of hydrogen-bond donors (Lipinski definition) is 2. The van der Waals surface area contributed by atoms with Crippen LogP contribution in [-0.4, -0.2) is 22.6 Å². The molecule has 0 bridgehead atoms. The summed E-state index contributed by atoms with van der Waals surface area (Å²) in [6.45, 7) is 5.30. The standard InChI is InChI=1S/C25H28F3NO5/c1-24(2,3)34-23(32)29-13-16-6-8-17(9-7-16)14-33-20-11-10-18(19(30)12-15-4-5-15)22(31)21(20)25(26,27)28/h6-11,15,31H,4-5,12-14H2,1-3H3,(H,29,32). The van der Waals surface area contributed by atoms with E-state index < -0.39 is 40.7 Å². The van der Waals surface area contributed by atoms with Crippen LogP contribution in [0.25, 0.3) is 0 Å². The average Bonchev–Trinajstić information content (AvgIpc) is 3.53. The number of carbonyl (C=O) groups is 2. The lowest BCUT2D eigenvalue weighted by atomic mass is 10.0. The first-order chi connectivity index (χ1) is 15.8. The molecule has 0 radical (unpaired) electrons. The van der Waals surface area contributed by atoms with Crippen LogP contribution in [0.1, 0.15) is 67.1 Å². The minimum Gasteiger partial charge on any atom is -0.506 e. The first kappa shape index (κ1) is 25.4. The zero-order chi connectivity index (χ0) is 25.1. The van der Waals surface area contributed by atoms with Gasteiger partial charge in [0.1, 0.15) is 29.3 Å². The zero-order valence-corrected chi connectivity index (χ0v) is 19.3. The molecule has 9 heteroatoms. The molecule has 0 saturated heterocycles. The highest BCUT2D eigenvalue weighted by atomic mass is 19.4. The predicted octanol–water partition coefficient (Wildman–Crippen LogP) is 6.00. The van der Waals surface area contributed by atoms with Crippen molar-refractivity contribution in [2.24, 2.45) is 5.92 Å². The summed E-state index contributed by atoms with van der Waals surface area (Å²) < 4.78 is 51.5. The number of phenolic OH excluding ortho intramolecular Hbond substituents is 1. The fourth-order valence-electron chi connectivity index (χ4n) is 3.29. The fraction of sp³-hybridized carbons (Fsp3) is 0.440. The van der Waals surface area contributed by atoms with Gasteiger partial charge in [-0.05, 0) is 62.8 Å². The second kappa shape index (κ2) is 9.95. The van der Waals surface area contributed by atoms with E-state index in [-0.39, 0.29) is 31.1 Å². The first-order valence-corrected chi connectivity index (χ1v) is 11.0. The number of halogens is 3. The Hall–Kier alpha value is -3.23. The van der Waals surface area contributed by atoms with Crippen LogP contribution in [0, 0.1) is 5.92 Å². The molecule has 0 unspecified atom stereocenters. The minimum absolute atomic E-state index is 0.125. The number of ketones is 1. The van der Waals surface area contributed by atoms with E-state index >= 15 is 0 Å². The summed E-state index contributed by atoms with van der Waals surface area (Å²) in [5.74, 6) is -1.98. The van der Waals surface area contributed by atoms with Gasteiger partial charge in [0.2, 0.25) is 0 Å².